The third kappa shape index (κ3) is 10.1. The fraction of sp³-hybridized carbons (Fsp3) is 0.250. The molecular formula is C48H49N6Zn-. The Morgan fingerprint density at radius 2 is 1.13 bits per heavy atom. The van der Waals surface area contributed by atoms with E-state index < -0.39 is 0 Å². The summed E-state index contributed by atoms with van der Waals surface area (Å²) in [7, 11) is 0. The molecule has 0 aliphatic heterocycles. The van der Waals surface area contributed by atoms with Crippen LogP contribution < -0.4 is 20.9 Å². The van der Waals surface area contributed by atoms with Crippen LogP contribution in [0, 0.1) is 6.07 Å². The second-order valence-electron chi connectivity index (χ2n) is 14.8. The topological polar surface area (TPSA) is 78.7 Å². The Morgan fingerprint density at radius 1 is 0.527 bits per heavy atom. The second-order valence-corrected chi connectivity index (χ2v) is 14.8. The molecule has 0 bridgehead atoms. The molecule has 0 atom stereocenters. The first-order chi connectivity index (χ1) is 26.1. The smallest absolute Gasteiger partial charge is 0.443 e. The summed E-state index contributed by atoms with van der Waals surface area (Å²) in [4.78, 5) is 27.0. The molecule has 0 spiro atoms. The summed E-state index contributed by atoms with van der Waals surface area (Å²) in [6.07, 6.45) is 5.44. The molecule has 4 heterocycles. The second kappa shape index (κ2) is 18.9. The summed E-state index contributed by atoms with van der Waals surface area (Å²) in [5.41, 5.74) is 12.5. The van der Waals surface area contributed by atoms with Crippen molar-refractivity contribution in [2.24, 2.45) is 9.98 Å². The number of nitrogens with zero attached hydrogens (tertiary/aromatic N) is 6. The molecule has 3 aromatic carbocycles. The van der Waals surface area contributed by atoms with Crippen molar-refractivity contribution in [1.29, 1.82) is 0 Å². The van der Waals surface area contributed by atoms with Gasteiger partial charge >= 0.3 is 19.5 Å². The molecule has 0 N–H and O–H groups in total. The van der Waals surface area contributed by atoms with Crippen molar-refractivity contribution >= 4 is 22.5 Å². The molecule has 0 aliphatic carbocycles. The van der Waals surface area contributed by atoms with E-state index in [1.165, 1.54) is 33.4 Å². The maximum Gasteiger partial charge on any atom is 2.00 e. The number of aromatic nitrogens is 4. The van der Waals surface area contributed by atoms with Gasteiger partial charge in [-0.25, -0.2) is 0 Å². The van der Waals surface area contributed by atoms with Crippen LogP contribution in [0.5, 0.6) is 0 Å². The van der Waals surface area contributed by atoms with E-state index in [9.17, 15) is 0 Å². The normalized spacial score (nSPS) is 12.0. The van der Waals surface area contributed by atoms with Gasteiger partial charge in [-0.15, -0.1) is 16.7 Å². The Balaban J connectivity index is 0.000000268. The van der Waals surface area contributed by atoms with Gasteiger partial charge in [0.15, 0.2) is 0 Å². The van der Waals surface area contributed by atoms with Crippen molar-refractivity contribution in [2.75, 3.05) is 0 Å². The predicted molar refractivity (Wildman–Crippen MR) is 222 cm³/mol. The summed E-state index contributed by atoms with van der Waals surface area (Å²) in [5, 5.41) is 1.12. The first kappa shape index (κ1) is 40.9. The van der Waals surface area contributed by atoms with Gasteiger partial charge in [-0.1, -0.05) is 163 Å². The SMILES string of the molecule is CC(C)c1c[c-]cc(C(C)C)c1-c1ccnc(N=c2cc(-c3c(C(C)C)cccc3C(C)C)cc[n-]2)c1.[Zn+2].c1ccc(=Nc2ccc3ccccc3n2)[n-]c1. The molecule has 4 aromatic heterocycles. The molecule has 0 fully saturated rings. The number of pyridine rings is 4. The molecule has 7 heteroatoms. The van der Waals surface area contributed by atoms with Gasteiger partial charge in [0.05, 0.1) is 17.2 Å². The van der Waals surface area contributed by atoms with Crippen LogP contribution in [-0.2, 0) is 19.5 Å². The van der Waals surface area contributed by atoms with E-state index >= 15 is 0 Å². The zero-order valence-electron chi connectivity index (χ0n) is 33.3. The van der Waals surface area contributed by atoms with E-state index in [2.05, 4.69) is 141 Å². The van der Waals surface area contributed by atoms with Gasteiger partial charge in [0.1, 0.15) is 0 Å². The van der Waals surface area contributed by atoms with Crippen molar-refractivity contribution in [1.82, 2.24) is 19.9 Å². The first-order valence-corrected chi connectivity index (χ1v) is 18.9. The summed E-state index contributed by atoms with van der Waals surface area (Å²) in [6, 6.07) is 40.1. The van der Waals surface area contributed by atoms with Crippen LogP contribution in [0.4, 0.5) is 11.6 Å². The largest absolute Gasteiger partial charge is 2.00 e. The number of rotatable bonds is 8. The van der Waals surface area contributed by atoms with Crippen LogP contribution in [0.2, 0.25) is 0 Å². The van der Waals surface area contributed by atoms with Gasteiger partial charge in [0.2, 0.25) is 0 Å². The van der Waals surface area contributed by atoms with Gasteiger partial charge in [0.25, 0.3) is 0 Å². The van der Waals surface area contributed by atoms with Crippen LogP contribution in [-0.4, -0.2) is 9.97 Å². The van der Waals surface area contributed by atoms with Crippen LogP contribution in [0.25, 0.3) is 33.2 Å². The number of benzene rings is 3. The van der Waals surface area contributed by atoms with Crippen LogP contribution >= 0.6 is 0 Å². The molecule has 0 saturated heterocycles. The summed E-state index contributed by atoms with van der Waals surface area (Å²) >= 11 is 0. The van der Waals surface area contributed by atoms with Crippen LogP contribution in [0.1, 0.15) is 101 Å². The van der Waals surface area contributed by atoms with E-state index in [4.69, 9.17) is 4.99 Å². The summed E-state index contributed by atoms with van der Waals surface area (Å²) < 4.78 is 0. The monoisotopic (exact) mass is 773 g/mol. The van der Waals surface area contributed by atoms with Gasteiger partial charge in [-0.3, -0.25) is 9.97 Å². The zero-order chi connectivity index (χ0) is 38.2. The third-order valence-electron chi connectivity index (χ3n) is 9.43. The Bertz CT molecular complexity index is 2420. The summed E-state index contributed by atoms with van der Waals surface area (Å²) in [6.45, 7) is 18.0. The third-order valence-corrected chi connectivity index (χ3v) is 9.43. The molecule has 274 valence electrons. The molecule has 7 aromatic rings. The van der Waals surface area contributed by atoms with Crippen LogP contribution in [0.15, 0.2) is 138 Å². The Kier molecular flexibility index (Phi) is 14.0. The molecule has 55 heavy (non-hydrogen) atoms. The minimum atomic E-state index is 0. The van der Waals surface area contributed by atoms with Gasteiger partial charge in [-0.2, -0.15) is 18.2 Å². The summed E-state index contributed by atoms with van der Waals surface area (Å²) in [5.74, 6) is 2.99. The maximum absolute atomic E-state index is 4.88. The first-order valence-electron chi connectivity index (χ1n) is 18.9. The fourth-order valence-corrected chi connectivity index (χ4v) is 6.70. The zero-order valence-corrected chi connectivity index (χ0v) is 36.3. The van der Waals surface area contributed by atoms with Crippen molar-refractivity contribution < 1.29 is 19.5 Å². The number of hydrogen-bond donors (Lipinski definition) is 0. The van der Waals surface area contributed by atoms with Crippen LogP contribution in [0.3, 0.4) is 0 Å². The Morgan fingerprint density at radius 3 is 1.78 bits per heavy atom. The van der Waals surface area contributed by atoms with E-state index in [1.807, 2.05) is 67.0 Å². The van der Waals surface area contributed by atoms with Gasteiger partial charge in [0, 0.05) is 11.6 Å². The van der Waals surface area contributed by atoms with Gasteiger partial charge < -0.3 is 20.0 Å². The van der Waals surface area contributed by atoms with E-state index in [0.717, 1.165) is 22.0 Å². The molecule has 0 unspecified atom stereocenters. The minimum absolute atomic E-state index is 0. The molecule has 0 aliphatic rings. The van der Waals surface area contributed by atoms with E-state index in [0.29, 0.717) is 46.3 Å². The Labute approximate surface area is 338 Å². The van der Waals surface area contributed by atoms with Crippen molar-refractivity contribution in [3.8, 4) is 22.3 Å². The van der Waals surface area contributed by atoms with Gasteiger partial charge in [-0.05, 0) is 63.9 Å². The molecule has 0 radical (unpaired) electrons. The Hall–Kier alpha value is -5.26. The number of para-hydroxylation sites is 1. The average Bonchev–Trinajstić information content (AvgIpc) is 3.18. The number of hydrogen-bond acceptors (Lipinski definition) is 4. The van der Waals surface area contributed by atoms with E-state index in [1.54, 1.807) is 6.20 Å². The number of fused-ring (bicyclic) bond motifs is 1. The predicted octanol–water partition coefficient (Wildman–Crippen LogP) is 11.3. The molecule has 7 rings (SSSR count). The van der Waals surface area contributed by atoms with Crippen molar-refractivity contribution in [3.63, 3.8) is 0 Å². The van der Waals surface area contributed by atoms with E-state index in [-0.39, 0.29) is 19.5 Å². The molecule has 0 saturated carbocycles. The minimum Gasteiger partial charge on any atom is -0.443 e. The van der Waals surface area contributed by atoms with Crippen molar-refractivity contribution in [2.45, 2.75) is 79.1 Å². The molecule has 0 amide bonds. The van der Waals surface area contributed by atoms with Crippen molar-refractivity contribution in [3.05, 3.63) is 167 Å². The molecule has 6 nitrogen and oxygen atoms in total. The maximum atomic E-state index is 4.88. The quantitative estimate of drug-likeness (QED) is 0.114. The molecular weight excluding hydrogens is 726 g/mol. The fourth-order valence-electron chi connectivity index (χ4n) is 6.70. The average molecular weight is 775 g/mol. The standard InChI is InChI=1S/C34H39N3.C14H10N3.Zn/c1-21(2)27-11-9-12-28(22(3)4)33(27)25-15-17-35-31(19-25)37-32-20-26(16-18-36-32)34-29(23(5)6)13-10-14-30(34)24(7)8;1-2-6-12-11(5-1)8-9-14(16-12)17-13-7-3-4-10-15-13;/h9,11-24H,1-8H3;1-10H;/q-2;-1;+2.